The van der Waals surface area contributed by atoms with Gasteiger partial charge in [0.1, 0.15) is 18.0 Å². The summed E-state index contributed by atoms with van der Waals surface area (Å²) in [6.07, 6.45) is -0.830. The van der Waals surface area contributed by atoms with Crippen LogP contribution in [-0.4, -0.2) is 63.9 Å². The summed E-state index contributed by atoms with van der Waals surface area (Å²) in [5, 5.41) is 44.0. The van der Waals surface area contributed by atoms with Gasteiger partial charge < -0.3 is 30.5 Å². The van der Waals surface area contributed by atoms with Crippen LogP contribution in [0.5, 0.6) is 0 Å². The highest BCUT2D eigenvalue weighted by Gasteiger charge is 2.35. The third kappa shape index (κ3) is 5.54. The van der Waals surface area contributed by atoms with Crippen molar-refractivity contribution >= 4 is 5.97 Å². The summed E-state index contributed by atoms with van der Waals surface area (Å²) in [5.41, 5.74) is 0.926. The van der Waals surface area contributed by atoms with Crippen molar-refractivity contribution in [3.05, 3.63) is 23.5 Å². The van der Waals surface area contributed by atoms with Crippen LogP contribution in [0.1, 0.15) is 51.9 Å². The van der Waals surface area contributed by atoms with Gasteiger partial charge in [-0.3, -0.25) is 0 Å². The van der Waals surface area contributed by atoms with Gasteiger partial charge in [-0.25, -0.2) is 4.79 Å². The molecule has 0 bridgehead atoms. The molecule has 0 aromatic carbocycles. The van der Waals surface area contributed by atoms with Crippen LogP contribution >= 0.6 is 0 Å². The van der Waals surface area contributed by atoms with Gasteiger partial charge in [-0.2, -0.15) is 0 Å². The Morgan fingerprint density at radius 2 is 1.81 bits per heavy atom. The Balaban J connectivity index is 2.25. The van der Waals surface area contributed by atoms with Crippen LogP contribution in [0.3, 0.4) is 0 Å². The third-order valence-corrected chi connectivity index (χ3v) is 5.82. The monoisotopic (exact) mass is 383 g/mol. The van der Waals surface area contributed by atoms with Crippen molar-refractivity contribution in [1.29, 1.82) is 0 Å². The molecule has 1 aliphatic heterocycles. The number of hydrogen-bond donors (Lipinski definition) is 5. The molecule has 0 aromatic rings. The normalized spacial score (nSPS) is 37.4. The van der Waals surface area contributed by atoms with Gasteiger partial charge in [0.15, 0.2) is 0 Å². The molecule has 1 fully saturated rings. The van der Waals surface area contributed by atoms with E-state index in [0.717, 1.165) is 0 Å². The Morgan fingerprint density at radius 1 is 1.15 bits per heavy atom. The van der Waals surface area contributed by atoms with E-state index in [9.17, 15) is 25.2 Å². The van der Waals surface area contributed by atoms with Gasteiger partial charge >= 0.3 is 5.97 Å². The van der Waals surface area contributed by atoms with E-state index >= 15 is 0 Å². The van der Waals surface area contributed by atoms with Gasteiger partial charge in [-0.15, -0.1) is 0 Å². The highest BCUT2D eigenvalue weighted by molar-refractivity contribution is 5.90. The Bertz CT molecular complexity index is 575. The van der Waals surface area contributed by atoms with E-state index in [0.29, 0.717) is 49.7 Å². The largest absolute Gasteiger partial charge is 0.512 e. The van der Waals surface area contributed by atoms with Gasteiger partial charge in [-0.1, -0.05) is 13.0 Å². The number of aliphatic hydroxyl groups is 4. The molecule has 1 aliphatic carbocycles. The fraction of sp³-hybridized carbons (Fsp3) is 0.750. The van der Waals surface area contributed by atoms with Crippen molar-refractivity contribution in [2.45, 2.75) is 82.3 Å². The molecule has 7 heteroatoms. The Kier molecular flexibility index (Phi) is 7.85. The van der Waals surface area contributed by atoms with Crippen LogP contribution in [0.25, 0.3) is 0 Å². The average molecular weight is 383 g/mol. The number of carbonyl (C=O) groups excluding carboxylic acids is 1. The average Bonchev–Trinajstić information content (AvgIpc) is 2.63. The van der Waals surface area contributed by atoms with Gasteiger partial charge in [0.25, 0.3) is 0 Å². The quantitative estimate of drug-likeness (QED) is 0.342. The van der Waals surface area contributed by atoms with Crippen LogP contribution in [0.15, 0.2) is 23.5 Å². The lowest BCUT2D eigenvalue weighted by Gasteiger charge is -2.32. The first kappa shape index (κ1) is 21.9. The molecule has 0 aromatic heterocycles. The summed E-state index contributed by atoms with van der Waals surface area (Å²) in [6, 6.07) is 0.0650. The molecule has 3 unspecified atom stereocenters. The van der Waals surface area contributed by atoms with Crippen LogP contribution in [0, 0.1) is 5.92 Å². The molecule has 2 rings (SSSR count). The van der Waals surface area contributed by atoms with Crippen molar-refractivity contribution in [1.82, 2.24) is 5.32 Å². The third-order valence-electron chi connectivity index (χ3n) is 5.82. The standard InChI is InChI=1S/C20H33NO6/c1-11-7-8-16(23)19(25)15(22)6-4-5-13-9-14(21-3)10-17(24)18(13)20(26)27-12(11)2/h12-16,19,21-25H,1,4-10H2,2-3H3/t12-,13?,14?,15-,16?,19-/m0/s1. The molecule has 2 aliphatic rings. The molecule has 1 saturated heterocycles. The maximum atomic E-state index is 12.7. The first-order valence-corrected chi connectivity index (χ1v) is 9.76. The molecular formula is C20H33NO6. The van der Waals surface area contributed by atoms with Crippen molar-refractivity contribution in [2.75, 3.05) is 7.05 Å². The lowest BCUT2D eigenvalue weighted by atomic mass is 9.80. The molecule has 0 radical (unpaired) electrons. The van der Waals surface area contributed by atoms with Crippen molar-refractivity contribution in [2.24, 2.45) is 5.92 Å². The van der Waals surface area contributed by atoms with Gasteiger partial charge in [0.05, 0.1) is 17.8 Å². The van der Waals surface area contributed by atoms with E-state index in [1.807, 2.05) is 7.05 Å². The second-order valence-electron chi connectivity index (χ2n) is 7.78. The Morgan fingerprint density at radius 3 is 2.48 bits per heavy atom. The lowest BCUT2D eigenvalue weighted by Crippen LogP contribution is -2.38. The Hall–Kier alpha value is -1.41. The van der Waals surface area contributed by atoms with E-state index in [1.54, 1.807) is 6.92 Å². The van der Waals surface area contributed by atoms with Crippen LogP contribution in [0.4, 0.5) is 0 Å². The zero-order chi connectivity index (χ0) is 20.1. The smallest absolute Gasteiger partial charge is 0.338 e. The number of ether oxygens (including phenoxy) is 1. The number of esters is 1. The maximum absolute atomic E-state index is 12.7. The first-order chi connectivity index (χ1) is 12.7. The lowest BCUT2D eigenvalue weighted by molar-refractivity contribution is -0.143. The summed E-state index contributed by atoms with van der Waals surface area (Å²) >= 11 is 0. The minimum Gasteiger partial charge on any atom is -0.512 e. The molecule has 1 heterocycles. The number of aliphatic hydroxyl groups excluding tert-OH is 4. The Labute approximate surface area is 160 Å². The molecular weight excluding hydrogens is 350 g/mol. The second-order valence-corrected chi connectivity index (χ2v) is 7.78. The van der Waals surface area contributed by atoms with Crippen molar-refractivity contribution < 1.29 is 30.0 Å². The number of hydrogen-bond acceptors (Lipinski definition) is 7. The molecule has 27 heavy (non-hydrogen) atoms. The number of carbonyl (C=O) groups is 1. The van der Waals surface area contributed by atoms with Gasteiger partial charge in [0.2, 0.25) is 0 Å². The summed E-state index contributed by atoms with van der Waals surface area (Å²) in [4.78, 5) is 12.7. The molecule has 6 atom stereocenters. The molecule has 0 saturated carbocycles. The molecule has 5 N–H and O–H groups in total. The van der Waals surface area contributed by atoms with E-state index in [2.05, 4.69) is 11.9 Å². The summed E-state index contributed by atoms with van der Waals surface area (Å²) in [6.45, 7) is 5.61. The first-order valence-electron chi connectivity index (χ1n) is 9.76. The van der Waals surface area contributed by atoms with Gasteiger partial charge in [0, 0.05) is 12.5 Å². The predicted molar refractivity (Wildman–Crippen MR) is 101 cm³/mol. The highest BCUT2D eigenvalue weighted by atomic mass is 16.5. The molecule has 0 spiro atoms. The summed E-state index contributed by atoms with van der Waals surface area (Å²) in [7, 11) is 1.82. The number of cyclic esters (lactones) is 1. The number of rotatable bonds is 1. The number of nitrogens with one attached hydrogen (secondary N) is 1. The fourth-order valence-electron chi connectivity index (χ4n) is 3.91. The van der Waals surface area contributed by atoms with Crippen LogP contribution < -0.4 is 5.32 Å². The second kappa shape index (κ2) is 9.68. The van der Waals surface area contributed by atoms with E-state index < -0.39 is 30.4 Å². The van der Waals surface area contributed by atoms with E-state index in [-0.39, 0.29) is 24.1 Å². The zero-order valence-corrected chi connectivity index (χ0v) is 16.2. The topological polar surface area (TPSA) is 119 Å². The minimum atomic E-state index is -1.22. The molecule has 0 amide bonds. The molecule has 7 nitrogen and oxygen atoms in total. The minimum absolute atomic E-state index is 0.0523. The van der Waals surface area contributed by atoms with Crippen LogP contribution in [-0.2, 0) is 9.53 Å². The van der Waals surface area contributed by atoms with Crippen molar-refractivity contribution in [3.8, 4) is 0 Å². The summed E-state index contributed by atoms with van der Waals surface area (Å²) in [5.74, 6) is -0.670. The zero-order valence-electron chi connectivity index (χ0n) is 16.2. The fourth-order valence-corrected chi connectivity index (χ4v) is 3.91. The van der Waals surface area contributed by atoms with Gasteiger partial charge in [-0.05, 0) is 57.6 Å². The predicted octanol–water partition coefficient (Wildman–Crippen LogP) is 1.33. The van der Waals surface area contributed by atoms with E-state index in [1.165, 1.54) is 0 Å². The number of fused-ring (bicyclic) bond motifs is 1. The van der Waals surface area contributed by atoms with Crippen molar-refractivity contribution in [3.63, 3.8) is 0 Å². The summed E-state index contributed by atoms with van der Waals surface area (Å²) < 4.78 is 5.53. The van der Waals surface area contributed by atoms with E-state index in [4.69, 9.17) is 4.74 Å². The SMILES string of the molecule is C=C1CCC(O)[C@@H](O)[C@@H](O)CCCC2CC(NC)CC(O)=C2C(=O)O[C@H]1C. The molecule has 154 valence electrons. The highest BCUT2D eigenvalue weighted by Crippen LogP contribution is 2.34. The van der Waals surface area contributed by atoms with Crippen LogP contribution in [0.2, 0.25) is 0 Å². The maximum Gasteiger partial charge on any atom is 0.338 e.